The fourth-order valence-corrected chi connectivity index (χ4v) is 10.4. The van der Waals surface area contributed by atoms with E-state index in [2.05, 4.69) is 20.0 Å². The number of thiophene rings is 1. The van der Waals surface area contributed by atoms with E-state index in [1.165, 1.54) is 23.1 Å². The Morgan fingerprint density at radius 3 is 2.77 bits per heavy atom. The van der Waals surface area contributed by atoms with Crippen molar-refractivity contribution < 1.29 is 32.5 Å². The number of aliphatic hydroxyl groups excluding tert-OH is 1. The van der Waals surface area contributed by atoms with Crippen molar-refractivity contribution in [2.75, 3.05) is 62.3 Å². The molecule has 0 saturated carbocycles. The molecule has 2 aromatic carbocycles. The van der Waals surface area contributed by atoms with Crippen molar-refractivity contribution in [3.63, 3.8) is 0 Å². The van der Waals surface area contributed by atoms with Gasteiger partial charge in [-0.25, -0.2) is 22.9 Å². The molecule has 0 bridgehead atoms. The molecule has 0 radical (unpaired) electrons. The standard InChI is InChI=1S/C37H40ClF3N10O4S/c1-3-23-18(11-50(23)36(53)51-16-44-17(2)47-51)10-48-13-20(14-52)55-31-26-30(45-35(46-34(26)48)54-15-37-7-4-8-49(37)12-19(39)9-37)28(41)24(27(31)38)21-5-6-22(40)32-25(21)29(42)33(43)56-32/h5-6,16,18-20,23,52H,3-4,7-15,42-43H2,1-2H3/t18-,19-,20?,23?,37+/m1/s1. The molecule has 3 aromatic heterocycles. The number of carbonyl (C=O) groups is 1. The third-order valence-corrected chi connectivity index (χ3v) is 13.2. The number of amides is 1. The van der Waals surface area contributed by atoms with Gasteiger partial charge in [0.05, 0.1) is 39.5 Å². The average Bonchev–Trinajstić information content (AvgIpc) is 3.90. The van der Waals surface area contributed by atoms with Gasteiger partial charge in [0.2, 0.25) is 0 Å². The van der Waals surface area contributed by atoms with Crippen molar-refractivity contribution in [3.05, 3.63) is 40.9 Å². The number of halogens is 4. The van der Waals surface area contributed by atoms with Crippen LogP contribution in [-0.2, 0) is 0 Å². The molecular weight excluding hydrogens is 773 g/mol. The van der Waals surface area contributed by atoms with E-state index in [9.17, 15) is 14.3 Å². The molecule has 5 aromatic rings. The summed E-state index contributed by atoms with van der Waals surface area (Å²) >= 11 is 8.07. The Morgan fingerprint density at radius 2 is 2.02 bits per heavy atom. The Hall–Kier alpha value is -4.65. The van der Waals surface area contributed by atoms with Crippen LogP contribution < -0.4 is 25.8 Å². The quantitative estimate of drug-likeness (QED) is 0.182. The summed E-state index contributed by atoms with van der Waals surface area (Å²) in [5.41, 5.74) is 11.9. The van der Waals surface area contributed by atoms with Crippen molar-refractivity contribution in [1.29, 1.82) is 0 Å². The number of fused-ring (bicyclic) bond motifs is 2. The number of ether oxygens (including phenoxy) is 2. The van der Waals surface area contributed by atoms with E-state index < -0.39 is 36.1 Å². The van der Waals surface area contributed by atoms with Gasteiger partial charge < -0.3 is 35.8 Å². The molecule has 19 heteroatoms. The summed E-state index contributed by atoms with van der Waals surface area (Å²) in [6.45, 7) is 5.27. The lowest BCUT2D eigenvalue weighted by Crippen LogP contribution is -2.62. The van der Waals surface area contributed by atoms with Gasteiger partial charge in [0, 0.05) is 49.0 Å². The summed E-state index contributed by atoms with van der Waals surface area (Å²) in [6, 6.07) is 1.97. The number of aryl methyl sites for hydroxylation is 1. The zero-order valence-electron chi connectivity index (χ0n) is 30.6. The van der Waals surface area contributed by atoms with Crippen molar-refractivity contribution in [2.24, 2.45) is 5.92 Å². The Bertz CT molecular complexity index is 2400. The highest BCUT2D eigenvalue weighted by Gasteiger charge is 2.50. The maximum Gasteiger partial charge on any atom is 0.346 e. The van der Waals surface area contributed by atoms with Crippen LogP contribution in [0, 0.1) is 24.5 Å². The summed E-state index contributed by atoms with van der Waals surface area (Å²) in [5, 5.41) is 15.2. The minimum absolute atomic E-state index is 0.0241. The van der Waals surface area contributed by atoms with E-state index in [0.717, 1.165) is 30.7 Å². The molecule has 0 spiro atoms. The van der Waals surface area contributed by atoms with E-state index in [-0.39, 0.29) is 96.5 Å². The molecule has 5 N–H and O–H groups in total. The lowest BCUT2D eigenvalue weighted by Gasteiger charge is -2.49. The molecule has 7 heterocycles. The fourth-order valence-electron chi connectivity index (χ4n) is 9.17. The second-order valence-corrected chi connectivity index (χ2v) is 16.6. The van der Waals surface area contributed by atoms with Crippen LogP contribution >= 0.6 is 22.9 Å². The molecule has 296 valence electrons. The Balaban J connectivity index is 1.17. The van der Waals surface area contributed by atoms with Gasteiger partial charge in [0.15, 0.2) is 11.6 Å². The predicted molar refractivity (Wildman–Crippen MR) is 206 cm³/mol. The SMILES string of the molecule is CCC1[C@H](CN2CC(CO)Oc3c(Cl)c(-c4ccc(F)c5sc(N)c(N)c45)c(F)c4nc(OC[C@@]56CCCN5C[C@H](F)C6)nc2c34)CN1C(=O)n1cnc(C)n1. The molecule has 3 fully saturated rings. The average molecular weight is 813 g/mol. The van der Waals surface area contributed by atoms with Crippen LogP contribution in [0.25, 0.3) is 32.1 Å². The number of anilines is 3. The van der Waals surface area contributed by atoms with E-state index >= 15 is 8.78 Å². The first-order valence-electron chi connectivity index (χ1n) is 18.6. The van der Waals surface area contributed by atoms with E-state index in [0.29, 0.717) is 38.3 Å². The molecule has 4 aliphatic heterocycles. The molecular formula is C37H40ClF3N10O4S. The van der Waals surface area contributed by atoms with Gasteiger partial charge in [0.1, 0.15) is 53.2 Å². The van der Waals surface area contributed by atoms with Gasteiger partial charge in [-0.05, 0) is 44.4 Å². The van der Waals surface area contributed by atoms with Crippen LogP contribution in [0.15, 0.2) is 18.5 Å². The zero-order valence-corrected chi connectivity index (χ0v) is 32.2. The Labute approximate surface area is 328 Å². The number of rotatable bonds is 8. The van der Waals surface area contributed by atoms with E-state index in [1.54, 1.807) is 11.8 Å². The normalized spacial score (nSPS) is 24.8. The highest BCUT2D eigenvalue weighted by Crippen LogP contribution is 2.52. The predicted octanol–water partition coefficient (Wildman–Crippen LogP) is 5.40. The number of likely N-dealkylation sites (tertiary alicyclic amines) is 1. The highest BCUT2D eigenvalue weighted by atomic mass is 35.5. The molecule has 4 aliphatic rings. The maximum absolute atomic E-state index is 17.5. The van der Waals surface area contributed by atoms with Crippen LogP contribution in [0.3, 0.4) is 0 Å². The number of hydrogen-bond acceptors (Lipinski definition) is 13. The first-order valence-corrected chi connectivity index (χ1v) is 19.8. The van der Waals surface area contributed by atoms with Crippen LogP contribution in [0.4, 0.5) is 34.5 Å². The van der Waals surface area contributed by atoms with E-state index in [4.69, 9.17) is 37.5 Å². The van der Waals surface area contributed by atoms with Gasteiger partial charge in [-0.3, -0.25) is 4.90 Å². The van der Waals surface area contributed by atoms with Crippen molar-refractivity contribution in [2.45, 2.75) is 63.4 Å². The lowest BCUT2D eigenvalue weighted by molar-refractivity contribution is 0.0480. The zero-order chi connectivity index (χ0) is 39.2. The van der Waals surface area contributed by atoms with E-state index in [1.807, 2.05) is 11.8 Å². The van der Waals surface area contributed by atoms with Gasteiger partial charge in [-0.15, -0.1) is 16.4 Å². The number of carbonyl (C=O) groups excluding carboxylic acids is 1. The first-order chi connectivity index (χ1) is 26.9. The topological polar surface area (TPSA) is 174 Å². The largest absolute Gasteiger partial charge is 0.484 e. The van der Waals surface area contributed by atoms with Gasteiger partial charge >= 0.3 is 12.0 Å². The number of aromatic nitrogens is 5. The third-order valence-electron chi connectivity index (χ3n) is 11.8. The molecule has 2 unspecified atom stereocenters. The maximum atomic E-state index is 17.5. The number of aliphatic hydroxyl groups is 1. The smallest absolute Gasteiger partial charge is 0.346 e. The summed E-state index contributed by atoms with van der Waals surface area (Å²) in [5.74, 6) is -0.739. The van der Waals surface area contributed by atoms with Crippen LogP contribution in [-0.4, -0.2) is 115 Å². The lowest BCUT2D eigenvalue weighted by atomic mass is 9.86. The van der Waals surface area contributed by atoms with Crippen molar-refractivity contribution >= 4 is 66.5 Å². The summed E-state index contributed by atoms with van der Waals surface area (Å²) in [4.78, 5) is 32.6. The van der Waals surface area contributed by atoms with Crippen molar-refractivity contribution in [1.82, 2.24) is 34.5 Å². The summed E-state index contributed by atoms with van der Waals surface area (Å²) in [7, 11) is 0. The van der Waals surface area contributed by atoms with Crippen LogP contribution in [0.1, 0.15) is 38.4 Å². The number of alkyl halides is 1. The third kappa shape index (κ3) is 5.77. The first kappa shape index (κ1) is 37.0. The molecule has 5 atom stereocenters. The van der Waals surface area contributed by atoms with Crippen molar-refractivity contribution in [3.8, 4) is 22.9 Å². The van der Waals surface area contributed by atoms with Gasteiger partial charge in [0.25, 0.3) is 0 Å². The Morgan fingerprint density at radius 1 is 1.20 bits per heavy atom. The molecule has 14 nitrogen and oxygen atoms in total. The second kappa shape index (κ2) is 13.8. The molecule has 9 rings (SSSR count). The van der Waals surface area contributed by atoms with Gasteiger partial charge in [-0.2, -0.15) is 14.6 Å². The number of nitrogens with two attached hydrogens (primary N) is 2. The number of hydrogen-bond donors (Lipinski definition) is 3. The monoisotopic (exact) mass is 812 g/mol. The minimum Gasteiger partial charge on any atom is -0.484 e. The van der Waals surface area contributed by atoms with Gasteiger partial charge in [-0.1, -0.05) is 24.6 Å². The summed E-state index contributed by atoms with van der Waals surface area (Å²) in [6.07, 6.45) is 2.12. The second-order valence-electron chi connectivity index (χ2n) is 15.2. The molecule has 3 saturated heterocycles. The summed E-state index contributed by atoms with van der Waals surface area (Å²) < 4.78 is 61.3. The Kier molecular flexibility index (Phi) is 9.09. The molecule has 56 heavy (non-hydrogen) atoms. The molecule has 0 aliphatic carbocycles. The number of nitrogens with zero attached hydrogens (tertiary/aromatic N) is 8. The highest BCUT2D eigenvalue weighted by molar-refractivity contribution is 7.23. The molecule has 1 amide bonds. The number of benzene rings is 2. The number of nitrogen functional groups attached to an aromatic ring is 2. The van der Waals surface area contributed by atoms with Crippen LogP contribution in [0.2, 0.25) is 5.02 Å². The minimum atomic E-state index is -0.992. The van der Waals surface area contributed by atoms with Crippen LogP contribution in [0.5, 0.6) is 11.8 Å². The fraction of sp³-hybridized carbons (Fsp3) is 0.486.